The Labute approximate surface area is 90.3 Å². The number of imidazole rings is 2. The third kappa shape index (κ3) is 2.81. The summed E-state index contributed by atoms with van der Waals surface area (Å²) >= 11 is 3.44. The molecule has 0 aromatic carbocycles. The van der Waals surface area contributed by atoms with Crippen LogP contribution in [0.4, 0.5) is 0 Å². The summed E-state index contributed by atoms with van der Waals surface area (Å²) in [5, 5.41) is 1.95. The Hall–Kier alpha value is -0.880. The Bertz CT molecular complexity index is 307. The van der Waals surface area contributed by atoms with Crippen LogP contribution in [0.5, 0.6) is 0 Å². The third-order valence-electron chi connectivity index (χ3n) is 1.51. The van der Waals surface area contributed by atoms with Gasteiger partial charge in [0, 0.05) is 36.3 Å². The topological polar surface area (TPSA) is 57.4 Å². The number of hydrogen-bond donors (Lipinski definition) is 2. The highest BCUT2D eigenvalue weighted by Gasteiger charge is 1.97. The van der Waals surface area contributed by atoms with E-state index in [2.05, 4.69) is 19.9 Å². The zero-order valence-electron chi connectivity index (χ0n) is 7.43. The zero-order chi connectivity index (χ0) is 9.64. The summed E-state index contributed by atoms with van der Waals surface area (Å²) < 4.78 is 0. The van der Waals surface area contributed by atoms with Crippen molar-refractivity contribution in [3.63, 3.8) is 0 Å². The van der Waals surface area contributed by atoms with Gasteiger partial charge in [-0.15, -0.1) is 0 Å². The van der Waals surface area contributed by atoms with Crippen LogP contribution in [0.3, 0.4) is 0 Å². The van der Waals surface area contributed by atoms with Crippen LogP contribution in [0, 0.1) is 0 Å². The van der Waals surface area contributed by atoms with E-state index in [4.69, 9.17) is 0 Å². The second-order valence-corrected chi connectivity index (χ2v) is 4.65. The molecule has 14 heavy (non-hydrogen) atoms. The average molecular weight is 226 g/mol. The van der Waals surface area contributed by atoms with Crippen LogP contribution >= 0.6 is 23.5 Å². The lowest BCUT2D eigenvalue weighted by Gasteiger charge is -1.96. The van der Waals surface area contributed by atoms with Gasteiger partial charge in [0.25, 0.3) is 0 Å². The molecular weight excluding hydrogens is 216 g/mol. The van der Waals surface area contributed by atoms with E-state index in [1.54, 1.807) is 35.9 Å². The van der Waals surface area contributed by atoms with Crippen molar-refractivity contribution in [2.75, 3.05) is 11.5 Å². The second kappa shape index (κ2) is 5.11. The highest BCUT2D eigenvalue weighted by atomic mass is 32.2. The van der Waals surface area contributed by atoms with Gasteiger partial charge in [-0.3, -0.25) is 0 Å². The fraction of sp³-hybridized carbons (Fsp3) is 0.250. The maximum absolute atomic E-state index is 4.13. The monoisotopic (exact) mass is 226 g/mol. The number of rotatable bonds is 5. The van der Waals surface area contributed by atoms with Gasteiger partial charge in [0.15, 0.2) is 10.3 Å². The van der Waals surface area contributed by atoms with Crippen molar-refractivity contribution in [3.8, 4) is 0 Å². The molecule has 4 nitrogen and oxygen atoms in total. The standard InChI is InChI=1S/C8H10N4S2/c1-2-10-7(9-1)13-5-6-14-8-11-3-4-12-8/h1-4H,5-6H2,(H,9,10)(H,11,12). The lowest BCUT2D eigenvalue weighted by atomic mass is 11.0. The zero-order valence-corrected chi connectivity index (χ0v) is 9.07. The minimum atomic E-state index is 0.977. The molecule has 0 saturated carbocycles. The molecule has 2 rings (SSSR count). The number of aromatic nitrogens is 4. The van der Waals surface area contributed by atoms with Gasteiger partial charge >= 0.3 is 0 Å². The van der Waals surface area contributed by atoms with Gasteiger partial charge in [-0.25, -0.2) is 9.97 Å². The summed E-state index contributed by atoms with van der Waals surface area (Å²) in [6.07, 6.45) is 7.20. The number of thioether (sulfide) groups is 2. The smallest absolute Gasteiger partial charge is 0.165 e. The van der Waals surface area contributed by atoms with Crippen molar-refractivity contribution in [2.45, 2.75) is 10.3 Å². The first kappa shape index (κ1) is 9.67. The summed E-state index contributed by atoms with van der Waals surface area (Å²) in [5.74, 6) is 2.05. The molecule has 2 N–H and O–H groups in total. The lowest BCUT2D eigenvalue weighted by Crippen LogP contribution is -1.86. The summed E-state index contributed by atoms with van der Waals surface area (Å²) in [6, 6.07) is 0. The van der Waals surface area contributed by atoms with E-state index in [0.717, 1.165) is 21.8 Å². The molecule has 0 radical (unpaired) electrons. The van der Waals surface area contributed by atoms with E-state index >= 15 is 0 Å². The first-order valence-electron chi connectivity index (χ1n) is 4.19. The molecule has 2 heterocycles. The fourth-order valence-corrected chi connectivity index (χ4v) is 2.56. The van der Waals surface area contributed by atoms with Crippen LogP contribution in [0.1, 0.15) is 0 Å². The van der Waals surface area contributed by atoms with Crippen molar-refractivity contribution in [2.24, 2.45) is 0 Å². The molecule has 2 aromatic heterocycles. The van der Waals surface area contributed by atoms with Gasteiger partial charge in [-0.2, -0.15) is 0 Å². The van der Waals surface area contributed by atoms with Gasteiger partial charge in [-0.05, 0) is 0 Å². The normalized spacial score (nSPS) is 10.6. The molecule has 0 aliphatic carbocycles. The minimum Gasteiger partial charge on any atom is -0.340 e. The molecule has 0 fully saturated rings. The van der Waals surface area contributed by atoms with Crippen molar-refractivity contribution >= 4 is 23.5 Å². The van der Waals surface area contributed by atoms with E-state index in [0.29, 0.717) is 0 Å². The predicted molar refractivity (Wildman–Crippen MR) is 58.6 cm³/mol. The van der Waals surface area contributed by atoms with E-state index < -0.39 is 0 Å². The molecule has 0 spiro atoms. The molecular formula is C8H10N4S2. The van der Waals surface area contributed by atoms with Gasteiger partial charge in [0.1, 0.15) is 0 Å². The molecule has 0 saturated heterocycles. The van der Waals surface area contributed by atoms with Crippen molar-refractivity contribution in [1.29, 1.82) is 0 Å². The largest absolute Gasteiger partial charge is 0.340 e. The quantitative estimate of drug-likeness (QED) is 0.605. The molecule has 6 heteroatoms. The van der Waals surface area contributed by atoms with Gasteiger partial charge in [0.2, 0.25) is 0 Å². The van der Waals surface area contributed by atoms with Crippen molar-refractivity contribution in [1.82, 2.24) is 19.9 Å². The minimum absolute atomic E-state index is 0.977. The lowest BCUT2D eigenvalue weighted by molar-refractivity contribution is 1.05. The maximum Gasteiger partial charge on any atom is 0.165 e. The summed E-state index contributed by atoms with van der Waals surface area (Å²) in [5.41, 5.74) is 0. The van der Waals surface area contributed by atoms with E-state index in [1.165, 1.54) is 0 Å². The number of H-pyrrole nitrogens is 2. The molecule has 0 bridgehead atoms. The summed E-state index contributed by atoms with van der Waals surface area (Å²) in [4.78, 5) is 14.4. The van der Waals surface area contributed by atoms with Crippen LogP contribution < -0.4 is 0 Å². The SMILES string of the molecule is c1c[nH]c(SCCSc2ncc[nH]2)n1. The molecule has 0 aliphatic heterocycles. The first-order chi connectivity index (χ1) is 6.95. The maximum atomic E-state index is 4.13. The number of hydrogen-bond acceptors (Lipinski definition) is 4. The van der Waals surface area contributed by atoms with Gasteiger partial charge in [-0.1, -0.05) is 23.5 Å². The number of aromatic amines is 2. The summed E-state index contributed by atoms with van der Waals surface area (Å²) in [7, 11) is 0. The molecule has 0 unspecified atom stereocenters. The molecule has 0 amide bonds. The first-order valence-corrected chi connectivity index (χ1v) is 6.16. The van der Waals surface area contributed by atoms with Crippen LogP contribution in [0.15, 0.2) is 35.1 Å². The van der Waals surface area contributed by atoms with Crippen LogP contribution in [-0.4, -0.2) is 31.4 Å². The molecule has 0 aliphatic rings. The van der Waals surface area contributed by atoms with Crippen LogP contribution in [-0.2, 0) is 0 Å². The molecule has 0 atom stereocenters. The Kier molecular flexibility index (Phi) is 3.53. The van der Waals surface area contributed by atoms with Crippen LogP contribution in [0.2, 0.25) is 0 Å². The van der Waals surface area contributed by atoms with Crippen molar-refractivity contribution < 1.29 is 0 Å². The highest BCUT2D eigenvalue weighted by molar-refractivity contribution is 8.02. The predicted octanol–water partition coefficient (Wildman–Crippen LogP) is 2.02. The van der Waals surface area contributed by atoms with Crippen LogP contribution in [0.25, 0.3) is 0 Å². The number of nitrogens with one attached hydrogen (secondary N) is 2. The number of nitrogens with zero attached hydrogens (tertiary/aromatic N) is 2. The average Bonchev–Trinajstić information content (AvgIpc) is 2.86. The Morgan fingerprint density at radius 2 is 1.43 bits per heavy atom. The van der Waals surface area contributed by atoms with E-state index in [-0.39, 0.29) is 0 Å². The Morgan fingerprint density at radius 1 is 0.929 bits per heavy atom. The van der Waals surface area contributed by atoms with E-state index in [9.17, 15) is 0 Å². The Balaban J connectivity index is 1.65. The molecule has 2 aromatic rings. The highest BCUT2D eigenvalue weighted by Crippen LogP contribution is 2.17. The van der Waals surface area contributed by atoms with Gasteiger partial charge in [0.05, 0.1) is 0 Å². The fourth-order valence-electron chi connectivity index (χ4n) is 0.936. The summed E-state index contributed by atoms with van der Waals surface area (Å²) in [6.45, 7) is 0. The third-order valence-corrected chi connectivity index (χ3v) is 3.58. The molecule has 74 valence electrons. The second-order valence-electron chi connectivity index (χ2n) is 2.49. The Morgan fingerprint density at radius 3 is 1.79 bits per heavy atom. The van der Waals surface area contributed by atoms with Gasteiger partial charge < -0.3 is 9.97 Å². The van der Waals surface area contributed by atoms with E-state index in [1.807, 2.05) is 12.4 Å². The van der Waals surface area contributed by atoms with Crippen molar-refractivity contribution in [3.05, 3.63) is 24.8 Å².